The Morgan fingerprint density at radius 1 is 1.28 bits per heavy atom. The lowest BCUT2D eigenvalue weighted by atomic mass is 9.99. The standard InChI is InChI=1S/C13H11NO4/c1-8-7-11(15)9(2)6-10(8)14-18-13(16)12-4-3-5-17-12/h3-7H,1-2H3. The van der Waals surface area contributed by atoms with Crippen molar-refractivity contribution in [1.29, 1.82) is 0 Å². The van der Waals surface area contributed by atoms with Gasteiger partial charge in [0.1, 0.15) is 5.71 Å². The lowest BCUT2D eigenvalue weighted by molar-refractivity contribution is -0.111. The summed E-state index contributed by atoms with van der Waals surface area (Å²) in [6.07, 6.45) is 4.40. The van der Waals surface area contributed by atoms with E-state index in [1.165, 1.54) is 18.4 Å². The summed E-state index contributed by atoms with van der Waals surface area (Å²) in [5.41, 5.74) is 1.65. The average Bonchev–Trinajstić information content (AvgIpc) is 2.85. The minimum absolute atomic E-state index is 0.0659. The molecule has 1 heterocycles. The van der Waals surface area contributed by atoms with Gasteiger partial charge in [-0.05, 0) is 49.3 Å². The van der Waals surface area contributed by atoms with Gasteiger partial charge in [0, 0.05) is 0 Å². The maximum absolute atomic E-state index is 11.5. The quantitative estimate of drug-likeness (QED) is 0.455. The number of furan rings is 1. The predicted octanol–water partition coefficient (Wildman–Crippen LogP) is 2.27. The Hall–Kier alpha value is -2.43. The fourth-order valence-corrected chi connectivity index (χ4v) is 1.40. The Morgan fingerprint density at radius 3 is 2.72 bits per heavy atom. The van der Waals surface area contributed by atoms with Crippen LogP contribution in [0.25, 0.3) is 0 Å². The van der Waals surface area contributed by atoms with Crippen molar-refractivity contribution in [1.82, 2.24) is 0 Å². The van der Waals surface area contributed by atoms with Crippen LogP contribution < -0.4 is 0 Å². The number of carbonyl (C=O) groups is 2. The molecule has 1 aliphatic rings. The molecule has 1 aromatic heterocycles. The molecule has 0 atom stereocenters. The van der Waals surface area contributed by atoms with Crippen LogP contribution in [0.4, 0.5) is 0 Å². The van der Waals surface area contributed by atoms with Crippen LogP contribution in [0.3, 0.4) is 0 Å². The fraction of sp³-hybridized carbons (Fsp3) is 0.154. The molecule has 0 aliphatic heterocycles. The number of oxime groups is 1. The largest absolute Gasteiger partial charge is 0.457 e. The van der Waals surface area contributed by atoms with Crippen molar-refractivity contribution in [3.05, 3.63) is 47.5 Å². The van der Waals surface area contributed by atoms with Crippen molar-refractivity contribution >= 4 is 17.5 Å². The Labute approximate surface area is 103 Å². The third kappa shape index (κ3) is 2.45. The van der Waals surface area contributed by atoms with Gasteiger partial charge in [-0.25, -0.2) is 4.79 Å². The SMILES string of the molecule is CC1=CC(=NOC(=O)c2ccco2)C(C)=CC1=O. The van der Waals surface area contributed by atoms with E-state index in [1.807, 2.05) is 0 Å². The van der Waals surface area contributed by atoms with Gasteiger partial charge in [-0.3, -0.25) is 4.79 Å². The first-order chi connectivity index (χ1) is 8.58. The zero-order valence-corrected chi connectivity index (χ0v) is 9.97. The highest BCUT2D eigenvalue weighted by Crippen LogP contribution is 2.12. The van der Waals surface area contributed by atoms with Gasteiger partial charge >= 0.3 is 5.97 Å². The first kappa shape index (κ1) is 12.0. The van der Waals surface area contributed by atoms with Gasteiger partial charge in [0.15, 0.2) is 5.78 Å². The van der Waals surface area contributed by atoms with Gasteiger partial charge in [-0.15, -0.1) is 0 Å². The molecule has 1 aromatic rings. The summed E-state index contributed by atoms with van der Waals surface area (Å²) in [6.45, 7) is 3.40. The second-order valence-electron chi connectivity index (χ2n) is 3.85. The number of hydrogen-bond donors (Lipinski definition) is 0. The van der Waals surface area contributed by atoms with E-state index in [-0.39, 0.29) is 11.5 Å². The number of ketones is 1. The minimum Gasteiger partial charge on any atom is -0.457 e. The van der Waals surface area contributed by atoms with Crippen LogP contribution in [0.2, 0.25) is 0 Å². The summed E-state index contributed by atoms with van der Waals surface area (Å²) in [5, 5.41) is 3.72. The van der Waals surface area contributed by atoms with Crippen LogP contribution in [0.5, 0.6) is 0 Å². The summed E-state index contributed by atoms with van der Waals surface area (Å²) in [4.78, 5) is 27.6. The highest BCUT2D eigenvalue weighted by atomic mass is 16.7. The Balaban J connectivity index is 2.13. The molecule has 1 aliphatic carbocycles. The average molecular weight is 245 g/mol. The van der Waals surface area contributed by atoms with Gasteiger partial charge in [0.25, 0.3) is 0 Å². The van der Waals surface area contributed by atoms with E-state index >= 15 is 0 Å². The van der Waals surface area contributed by atoms with Gasteiger partial charge in [-0.2, -0.15) is 0 Å². The zero-order chi connectivity index (χ0) is 13.1. The molecule has 0 N–H and O–H groups in total. The van der Waals surface area contributed by atoms with E-state index in [2.05, 4.69) is 5.16 Å². The van der Waals surface area contributed by atoms with Crippen LogP contribution in [0, 0.1) is 0 Å². The number of hydrogen-bond acceptors (Lipinski definition) is 5. The number of rotatable bonds is 2. The summed E-state index contributed by atoms with van der Waals surface area (Å²) < 4.78 is 4.87. The molecule has 0 unspecified atom stereocenters. The first-order valence-electron chi connectivity index (χ1n) is 5.32. The second kappa shape index (κ2) is 4.83. The van der Waals surface area contributed by atoms with Gasteiger partial charge < -0.3 is 9.25 Å². The maximum atomic E-state index is 11.5. The van der Waals surface area contributed by atoms with Gasteiger partial charge in [-0.1, -0.05) is 5.16 Å². The molecule has 0 amide bonds. The van der Waals surface area contributed by atoms with E-state index in [0.29, 0.717) is 16.9 Å². The third-order valence-electron chi connectivity index (χ3n) is 2.44. The molecule has 0 fully saturated rings. The summed E-state index contributed by atoms with van der Waals surface area (Å²) in [7, 11) is 0. The van der Waals surface area contributed by atoms with Crippen LogP contribution in [0.1, 0.15) is 24.4 Å². The van der Waals surface area contributed by atoms with E-state index in [9.17, 15) is 9.59 Å². The molecule has 0 aromatic carbocycles. The van der Waals surface area contributed by atoms with Crippen LogP contribution in [-0.2, 0) is 9.63 Å². The molecular weight excluding hydrogens is 234 g/mol. The Morgan fingerprint density at radius 2 is 2.06 bits per heavy atom. The van der Waals surface area contributed by atoms with Crippen LogP contribution >= 0.6 is 0 Å². The maximum Gasteiger partial charge on any atom is 0.400 e. The predicted molar refractivity (Wildman–Crippen MR) is 64.1 cm³/mol. The number of allylic oxidation sites excluding steroid dienone is 4. The van der Waals surface area contributed by atoms with E-state index < -0.39 is 5.97 Å². The van der Waals surface area contributed by atoms with Crippen molar-refractivity contribution in [3.63, 3.8) is 0 Å². The zero-order valence-electron chi connectivity index (χ0n) is 9.97. The normalized spacial score (nSPS) is 17.4. The first-order valence-corrected chi connectivity index (χ1v) is 5.32. The van der Waals surface area contributed by atoms with Crippen molar-refractivity contribution < 1.29 is 18.8 Å². The molecule has 0 radical (unpaired) electrons. The summed E-state index contributed by atoms with van der Waals surface area (Å²) in [6, 6.07) is 3.06. The molecule has 92 valence electrons. The molecule has 0 bridgehead atoms. The van der Waals surface area contributed by atoms with E-state index in [0.717, 1.165) is 0 Å². The van der Waals surface area contributed by atoms with Crippen molar-refractivity contribution in [2.45, 2.75) is 13.8 Å². The molecule has 5 nitrogen and oxygen atoms in total. The smallest absolute Gasteiger partial charge is 0.400 e. The van der Waals surface area contributed by atoms with Gasteiger partial charge in [0.2, 0.25) is 5.76 Å². The van der Waals surface area contributed by atoms with Crippen molar-refractivity contribution in [2.75, 3.05) is 0 Å². The summed E-state index contributed by atoms with van der Waals surface area (Å²) >= 11 is 0. The highest BCUT2D eigenvalue weighted by Gasteiger charge is 2.15. The van der Waals surface area contributed by atoms with Crippen molar-refractivity contribution in [3.8, 4) is 0 Å². The molecule has 0 saturated heterocycles. The van der Waals surface area contributed by atoms with E-state index in [1.54, 1.807) is 26.0 Å². The molecule has 0 spiro atoms. The van der Waals surface area contributed by atoms with Crippen molar-refractivity contribution in [2.24, 2.45) is 5.16 Å². The van der Waals surface area contributed by atoms with Crippen LogP contribution in [0.15, 0.2) is 51.3 Å². The number of carbonyl (C=O) groups excluding carboxylic acids is 2. The minimum atomic E-state index is -0.678. The second-order valence-corrected chi connectivity index (χ2v) is 3.85. The monoisotopic (exact) mass is 245 g/mol. The fourth-order valence-electron chi connectivity index (χ4n) is 1.40. The van der Waals surface area contributed by atoms with Crippen LogP contribution in [-0.4, -0.2) is 17.5 Å². The lowest BCUT2D eigenvalue weighted by Crippen LogP contribution is -2.11. The third-order valence-corrected chi connectivity index (χ3v) is 2.44. The Bertz CT molecular complexity index is 576. The number of nitrogens with zero attached hydrogens (tertiary/aromatic N) is 1. The molecule has 18 heavy (non-hydrogen) atoms. The lowest BCUT2D eigenvalue weighted by Gasteiger charge is -2.08. The Kier molecular flexibility index (Phi) is 3.23. The van der Waals surface area contributed by atoms with E-state index in [4.69, 9.17) is 9.25 Å². The highest BCUT2D eigenvalue weighted by molar-refractivity contribution is 6.21. The molecule has 5 heteroatoms. The molecule has 2 rings (SSSR count). The topological polar surface area (TPSA) is 68.9 Å². The molecule has 0 saturated carbocycles. The summed E-state index contributed by atoms with van der Waals surface area (Å²) in [5.74, 6) is -0.666. The molecular formula is C13H11NO4. The van der Waals surface area contributed by atoms with Gasteiger partial charge in [0.05, 0.1) is 6.26 Å².